The highest BCUT2D eigenvalue weighted by Crippen LogP contribution is 2.25. The summed E-state index contributed by atoms with van der Waals surface area (Å²) < 4.78 is 28.6. The van der Waals surface area contributed by atoms with Crippen molar-refractivity contribution in [2.45, 2.75) is 46.0 Å². The summed E-state index contributed by atoms with van der Waals surface area (Å²) in [5.41, 5.74) is 0. The molecule has 0 aromatic rings. The fourth-order valence-corrected chi connectivity index (χ4v) is 3.54. The molecule has 1 aliphatic carbocycles. The quantitative estimate of drug-likeness (QED) is 0.393. The van der Waals surface area contributed by atoms with Crippen LogP contribution in [0.3, 0.4) is 0 Å². The SMILES string of the molecule is CCCCCS(=O)(=O)CC(=O)OCC1CC=CCC1C. The third-order valence-electron chi connectivity index (χ3n) is 3.77. The molecular formula is C15H26O4S. The van der Waals surface area contributed by atoms with Gasteiger partial charge in [-0.1, -0.05) is 38.8 Å². The molecule has 1 aliphatic rings. The summed E-state index contributed by atoms with van der Waals surface area (Å²) in [5.74, 6) is -0.212. The topological polar surface area (TPSA) is 60.4 Å². The van der Waals surface area contributed by atoms with Gasteiger partial charge in [-0.2, -0.15) is 0 Å². The van der Waals surface area contributed by atoms with E-state index in [1.165, 1.54) is 0 Å². The monoisotopic (exact) mass is 302 g/mol. The van der Waals surface area contributed by atoms with Crippen molar-refractivity contribution >= 4 is 15.8 Å². The zero-order chi connectivity index (χ0) is 15.0. The summed E-state index contributed by atoms with van der Waals surface area (Å²) >= 11 is 0. The molecule has 0 aliphatic heterocycles. The average molecular weight is 302 g/mol. The number of sulfone groups is 1. The van der Waals surface area contributed by atoms with Crippen LogP contribution >= 0.6 is 0 Å². The predicted octanol–water partition coefficient (Wildman–Crippen LogP) is 2.74. The summed E-state index contributed by atoms with van der Waals surface area (Å²) in [6.07, 6.45) is 8.60. The lowest BCUT2D eigenvalue weighted by atomic mass is 9.85. The summed E-state index contributed by atoms with van der Waals surface area (Å²) in [6, 6.07) is 0. The van der Waals surface area contributed by atoms with Crippen molar-refractivity contribution in [2.75, 3.05) is 18.1 Å². The summed E-state index contributed by atoms with van der Waals surface area (Å²) in [5, 5.41) is 0. The molecule has 0 aromatic carbocycles. The van der Waals surface area contributed by atoms with E-state index in [1.807, 2.05) is 6.92 Å². The van der Waals surface area contributed by atoms with Crippen LogP contribution in [-0.2, 0) is 19.4 Å². The number of carbonyl (C=O) groups excluding carboxylic acids is 1. The van der Waals surface area contributed by atoms with Crippen molar-refractivity contribution in [1.82, 2.24) is 0 Å². The maximum atomic E-state index is 11.7. The Kier molecular flexibility index (Phi) is 7.27. The second-order valence-corrected chi connectivity index (χ2v) is 7.85. The number of hydrogen-bond acceptors (Lipinski definition) is 4. The van der Waals surface area contributed by atoms with Gasteiger partial charge < -0.3 is 4.74 Å². The maximum absolute atomic E-state index is 11.7. The molecule has 0 amide bonds. The van der Waals surface area contributed by atoms with Crippen LogP contribution in [0.1, 0.15) is 46.0 Å². The Morgan fingerprint density at radius 2 is 1.95 bits per heavy atom. The molecule has 0 fully saturated rings. The van der Waals surface area contributed by atoms with E-state index >= 15 is 0 Å². The summed E-state index contributed by atoms with van der Waals surface area (Å²) in [4.78, 5) is 11.6. The molecule has 0 aromatic heterocycles. The first kappa shape index (κ1) is 17.2. The van der Waals surface area contributed by atoms with Crippen LogP contribution in [0.5, 0.6) is 0 Å². The minimum absolute atomic E-state index is 0.0819. The Bertz CT molecular complexity index is 425. The van der Waals surface area contributed by atoms with Crippen molar-refractivity contribution in [2.24, 2.45) is 11.8 Å². The molecule has 0 spiro atoms. The van der Waals surface area contributed by atoms with Crippen molar-refractivity contribution in [1.29, 1.82) is 0 Å². The molecule has 0 radical (unpaired) electrons. The smallest absolute Gasteiger partial charge is 0.321 e. The Morgan fingerprint density at radius 3 is 2.60 bits per heavy atom. The van der Waals surface area contributed by atoms with E-state index in [1.54, 1.807) is 0 Å². The van der Waals surface area contributed by atoms with Crippen molar-refractivity contribution < 1.29 is 17.9 Å². The van der Waals surface area contributed by atoms with E-state index in [9.17, 15) is 13.2 Å². The average Bonchev–Trinajstić information content (AvgIpc) is 2.37. The first-order chi connectivity index (χ1) is 9.44. The van der Waals surface area contributed by atoms with Crippen LogP contribution in [0.15, 0.2) is 12.2 Å². The van der Waals surface area contributed by atoms with Gasteiger partial charge in [0, 0.05) is 0 Å². The number of ether oxygens (including phenoxy) is 1. The van der Waals surface area contributed by atoms with Gasteiger partial charge in [0.2, 0.25) is 0 Å². The molecule has 2 unspecified atom stereocenters. The van der Waals surface area contributed by atoms with Crippen LogP contribution in [0.2, 0.25) is 0 Å². The third-order valence-corrected chi connectivity index (χ3v) is 5.36. The fourth-order valence-electron chi connectivity index (χ4n) is 2.30. The zero-order valence-corrected chi connectivity index (χ0v) is 13.3. The van der Waals surface area contributed by atoms with Gasteiger partial charge in [0.1, 0.15) is 5.75 Å². The Morgan fingerprint density at radius 1 is 1.25 bits per heavy atom. The lowest BCUT2D eigenvalue weighted by Gasteiger charge is -2.24. The Balaban J connectivity index is 2.30. The van der Waals surface area contributed by atoms with E-state index in [2.05, 4.69) is 19.1 Å². The zero-order valence-electron chi connectivity index (χ0n) is 12.5. The van der Waals surface area contributed by atoms with Crippen LogP contribution < -0.4 is 0 Å². The lowest BCUT2D eigenvalue weighted by Crippen LogP contribution is -2.26. The van der Waals surface area contributed by atoms with E-state index in [4.69, 9.17) is 4.74 Å². The lowest BCUT2D eigenvalue weighted by molar-refractivity contribution is -0.142. The van der Waals surface area contributed by atoms with Gasteiger partial charge in [0.05, 0.1) is 12.4 Å². The standard InChI is InChI=1S/C15H26O4S/c1-3-4-7-10-20(17,18)12-15(16)19-11-14-9-6-5-8-13(14)2/h5-6,13-14H,3-4,7-12H2,1-2H3. The van der Waals surface area contributed by atoms with E-state index in [-0.39, 0.29) is 5.75 Å². The molecule has 0 saturated heterocycles. The highest BCUT2D eigenvalue weighted by molar-refractivity contribution is 7.92. The number of esters is 1. The van der Waals surface area contributed by atoms with Crippen molar-refractivity contribution in [3.05, 3.63) is 12.2 Å². The number of carbonyl (C=O) groups is 1. The largest absolute Gasteiger partial charge is 0.465 e. The van der Waals surface area contributed by atoms with E-state index in [0.29, 0.717) is 24.9 Å². The van der Waals surface area contributed by atoms with Gasteiger partial charge in [-0.15, -0.1) is 0 Å². The maximum Gasteiger partial charge on any atom is 0.321 e. The van der Waals surface area contributed by atoms with Gasteiger partial charge >= 0.3 is 5.97 Å². The van der Waals surface area contributed by atoms with Crippen LogP contribution in [0, 0.1) is 11.8 Å². The van der Waals surface area contributed by atoms with Gasteiger partial charge in [-0.25, -0.2) is 8.42 Å². The van der Waals surface area contributed by atoms with E-state index in [0.717, 1.165) is 25.7 Å². The van der Waals surface area contributed by atoms with E-state index < -0.39 is 21.6 Å². The molecule has 2 atom stereocenters. The predicted molar refractivity (Wildman–Crippen MR) is 80.2 cm³/mol. The molecule has 116 valence electrons. The second-order valence-electron chi connectivity index (χ2n) is 5.66. The minimum Gasteiger partial charge on any atom is -0.465 e. The summed E-state index contributed by atoms with van der Waals surface area (Å²) in [6.45, 7) is 4.47. The second kappa shape index (κ2) is 8.45. The van der Waals surface area contributed by atoms with Gasteiger partial charge in [-0.05, 0) is 31.1 Å². The Labute approximate surface area is 122 Å². The number of rotatable bonds is 8. The number of hydrogen-bond donors (Lipinski definition) is 0. The molecule has 4 nitrogen and oxygen atoms in total. The molecule has 20 heavy (non-hydrogen) atoms. The van der Waals surface area contributed by atoms with Gasteiger partial charge in [0.25, 0.3) is 0 Å². The van der Waals surface area contributed by atoms with Crippen molar-refractivity contribution in [3.8, 4) is 0 Å². The fraction of sp³-hybridized carbons (Fsp3) is 0.800. The Hall–Kier alpha value is -0.840. The van der Waals surface area contributed by atoms with Crippen molar-refractivity contribution in [3.63, 3.8) is 0 Å². The van der Waals surface area contributed by atoms with Crippen LogP contribution in [0.25, 0.3) is 0 Å². The molecule has 5 heteroatoms. The molecule has 0 bridgehead atoms. The minimum atomic E-state index is -3.31. The highest BCUT2D eigenvalue weighted by atomic mass is 32.2. The normalized spacial score (nSPS) is 22.7. The summed E-state index contributed by atoms with van der Waals surface area (Å²) in [7, 11) is -3.31. The van der Waals surface area contributed by atoms with Gasteiger partial charge in [0.15, 0.2) is 9.84 Å². The molecule has 0 saturated carbocycles. The van der Waals surface area contributed by atoms with Crippen LogP contribution in [0.4, 0.5) is 0 Å². The number of allylic oxidation sites excluding steroid dienone is 2. The highest BCUT2D eigenvalue weighted by Gasteiger charge is 2.22. The molecular weight excluding hydrogens is 276 g/mol. The van der Waals surface area contributed by atoms with Crippen LogP contribution in [-0.4, -0.2) is 32.5 Å². The third kappa shape index (κ3) is 6.55. The first-order valence-electron chi connectivity index (χ1n) is 7.45. The molecule has 0 N–H and O–H groups in total. The molecule has 1 rings (SSSR count). The first-order valence-corrected chi connectivity index (χ1v) is 9.27. The number of unbranched alkanes of at least 4 members (excludes halogenated alkanes) is 2. The molecule has 0 heterocycles. The van der Waals surface area contributed by atoms with Gasteiger partial charge in [-0.3, -0.25) is 4.79 Å².